The molecule has 1 aromatic carbocycles. The van der Waals surface area contributed by atoms with Gasteiger partial charge in [0.1, 0.15) is 23.0 Å². The van der Waals surface area contributed by atoms with Crippen LogP contribution in [-0.4, -0.2) is 49.0 Å². The van der Waals surface area contributed by atoms with Crippen LogP contribution in [0.3, 0.4) is 0 Å². The van der Waals surface area contributed by atoms with Gasteiger partial charge in [-0.2, -0.15) is 0 Å². The minimum Gasteiger partial charge on any atom is -0.368 e. The van der Waals surface area contributed by atoms with Gasteiger partial charge in [-0.15, -0.1) is 0 Å². The predicted octanol–water partition coefficient (Wildman–Crippen LogP) is 2.36. The van der Waals surface area contributed by atoms with Crippen molar-refractivity contribution < 1.29 is 13.6 Å². The van der Waals surface area contributed by atoms with Gasteiger partial charge in [-0.05, 0) is 31.3 Å². The van der Waals surface area contributed by atoms with Crippen molar-refractivity contribution in [3.05, 3.63) is 53.7 Å². The third-order valence-electron chi connectivity index (χ3n) is 4.05. The molecule has 1 aromatic heterocycles. The summed E-state index contributed by atoms with van der Waals surface area (Å²) in [7, 11) is 2.08. The molecule has 0 saturated carbocycles. The molecule has 3 rings (SSSR count). The van der Waals surface area contributed by atoms with E-state index in [1.165, 1.54) is 6.07 Å². The van der Waals surface area contributed by atoms with Crippen LogP contribution >= 0.6 is 0 Å². The summed E-state index contributed by atoms with van der Waals surface area (Å²) in [5, 5.41) is 2.42. The maximum absolute atomic E-state index is 13.6. The summed E-state index contributed by atoms with van der Waals surface area (Å²) < 4.78 is 27.2. The maximum atomic E-state index is 13.6. The molecule has 1 N–H and O–H groups in total. The SMILES string of the molecule is CN1CCN(c2ccc(NC(=O)c3c(F)cccc3F)nc2)CC1. The molecule has 0 aliphatic carbocycles. The first-order chi connectivity index (χ1) is 11.5. The zero-order chi connectivity index (χ0) is 17.1. The summed E-state index contributed by atoms with van der Waals surface area (Å²) in [6.45, 7) is 3.77. The van der Waals surface area contributed by atoms with Crippen LogP contribution in [0.5, 0.6) is 0 Å². The molecule has 1 saturated heterocycles. The normalized spacial score (nSPS) is 15.4. The van der Waals surface area contributed by atoms with E-state index in [4.69, 9.17) is 0 Å². The second-order valence-corrected chi connectivity index (χ2v) is 5.74. The lowest BCUT2D eigenvalue weighted by molar-refractivity contribution is 0.101. The monoisotopic (exact) mass is 332 g/mol. The first-order valence-electron chi connectivity index (χ1n) is 7.69. The Morgan fingerprint density at radius 3 is 2.33 bits per heavy atom. The summed E-state index contributed by atoms with van der Waals surface area (Å²) in [6.07, 6.45) is 1.65. The largest absolute Gasteiger partial charge is 0.368 e. The molecule has 0 unspecified atom stereocenters. The average molecular weight is 332 g/mol. The van der Waals surface area contributed by atoms with Crippen LogP contribution < -0.4 is 10.2 Å². The number of nitrogens with one attached hydrogen (secondary N) is 1. The van der Waals surface area contributed by atoms with Crippen molar-refractivity contribution >= 4 is 17.4 Å². The Labute approximate surface area is 138 Å². The third kappa shape index (κ3) is 3.51. The molecule has 0 atom stereocenters. The van der Waals surface area contributed by atoms with Crippen LogP contribution in [0.2, 0.25) is 0 Å². The van der Waals surface area contributed by atoms with E-state index < -0.39 is 23.1 Å². The number of piperazine rings is 1. The van der Waals surface area contributed by atoms with E-state index in [2.05, 4.69) is 27.1 Å². The van der Waals surface area contributed by atoms with E-state index in [0.717, 1.165) is 44.0 Å². The summed E-state index contributed by atoms with van der Waals surface area (Å²) in [6, 6.07) is 6.77. The minimum atomic E-state index is -0.901. The number of anilines is 2. The minimum absolute atomic E-state index is 0.250. The lowest BCUT2D eigenvalue weighted by Crippen LogP contribution is -2.44. The highest BCUT2D eigenvalue weighted by atomic mass is 19.1. The number of carbonyl (C=O) groups is 1. The Bertz CT molecular complexity index is 708. The van der Waals surface area contributed by atoms with Gasteiger partial charge < -0.3 is 15.1 Å². The Kier molecular flexibility index (Phi) is 4.71. The van der Waals surface area contributed by atoms with Crippen molar-refractivity contribution in [2.75, 3.05) is 43.4 Å². The van der Waals surface area contributed by atoms with Crippen LogP contribution in [0, 0.1) is 11.6 Å². The van der Waals surface area contributed by atoms with Crippen LogP contribution in [-0.2, 0) is 0 Å². The molecule has 1 fully saturated rings. The highest BCUT2D eigenvalue weighted by molar-refractivity contribution is 6.04. The number of nitrogens with zero attached hydrogens (tertiary/aromatic N) is 3. The average Bonchev–Trinajstić information content (AvgIpc) is 2.56. The van der Waals surface area contributed by atoms with Crippen LogP contribution in [0.15, 0.2) is 36.5 Å². The number of pyridine rings is 1. The molecule has 126 valence electrons. The molecule has 0 radical (unpaired) electrons. The van der Waals surface area contributed by atoms with Gasteiger partial charge in [0, 0.05) is 26.2 Å². The number of aromatic nitrogens is 1. The van der Waals surface area contributed by atoms with E-state index in [0.29, 0.717) is 0 Å². The number of hydrogen-bond donors (Lipinski definition) is 1. The van der Waals surface area contributed by atoms with Crippen molar-refractivity contribution in [3.63, 3.8) is 0 Å². The summed E-state index contributed by atoms with van der Waals surface area (Å²) in [5.74, 6) is -2.41. The molecular formula is C17H18F2N4O. The zero-order valence-corrected chi connectivity index (χ0v) is 13.3. The highest BCUT2D eigenvalue weighted by Gasteiger charge is 2.18. The van der Waals surface area contributed by atoms with E-state index in [1.807, 2.05) is 6.07 Å². The molecule has 2 aromatic rings. The maximum Gasteiger partial charge on any atom is 0.262 e. The number of benzene rings is 1. The standard InChI is InChI=1S/C17H18F2N4O/c1-22-7-9-23(10-8-22)12-5-6-15(20-11-12)21-17(24)16-13(18)3-2-4-14(16)19/h2-6,11H,7-10H2,1H3,(H,20,21,24). The van der Waals surface area contributed by atoms with Crippen LogP contribution in [0.4, 0.5) is 20.3 Å². The fourth-order valence-electron chi connectivity index (χ4n) is 2.61. The Hall–Kier alpha value is -2.54. The van der Waals surface area contributed by atoms with Gasteiger partial charge in [0.15, 0.2) is 0 Å². The lowest BCUT2D eigenvalue weighted by Gasteiger charge is -2.33. The van der Waals surface area contributed by atoms with Gasteiger partial charge in [0.25, 0.3) is 5.91 Å². The fourth-order valence-corrected chi connectivity index (χ4v) is 2.61. The van der Waals surface area contributed by atoms with Crippen molar-refractivity contribution in [3.8, 4) is 0 Å². The van der Waals surface area contributed by atoms with Crippen LogP contribution in [0.1, 0.15) is 10.4 Å². The molecule has 0 spiro atoms. The van der Waals surface area contributed by atoms with E-state index >= 15 is 0 Å². The second-order valence-electron chi connectivity index (χ2n) is 5.74. The number of rotatable bonds is 3. The first-order valence-corrected chi connectivity index (χ1v) is 7.69. The molecule has 7 heteroatoms. The van der Waals surface area contributed by atoms with Crippen molar-refractivity contribution in [1.29, 1.82) is 0 Å². The number of halogens is 2. The third-order valence-corrected chi connectivity index (χ3v) is 4.05. The van der Waals surface area contributed by atoms with Crippen molar-refractivity contribution in [2.45, 2.75) is 0 Å². The second kappa shape index (κ2) is 6.92. The first kappa shape index (κ1) is 16.3. The Balaban J connectivity index is 1.69. The molecule has 5 nitrogen and oxygen atoms in total. The molecule has 24 heavy (non-hydrogen) atoms. The summed E-state index contributed by atoms with van der Waals surface area (Å²) in [5.41, 5.74) is 0.348. The van der Waals surface area contributed by atoms with Gasteiger partial charge in [-0.1, -0.05) is 6.07 Å². The van der Waals surface area contributed by atoms with Crippen molar-refractivity contribution in [1.82, 2.24) is 9.88 Å². The molecule has 1 amide bonds. The fraction of sp³-hybridized carbons (Fsp3) is 0.294. The summed E-state index contributed by atoms with van der Waals surface area (Å²) in [4.78, 5) is 20.7. The summed E-state index contributed by atoms with van der Waals surface area (Å²) >= 11 is 0. The van der Waals surface area contributed by atoms with Crippen LogP contribution in [0.25, 0.3) is 0 Å². The van der Waals surface area contributed by atoms with E-state index in [1.54, 1.807) is 12.3 Å². The van der Waals surface area contributed by atoms with Gasteiger partial charge in [0.2, 0.25) is 0 Å². The topological polar surface area (TPSA) is 48.5 Å². The quantitative estimate of drug-likeness (QED) is 0.937. The lowest BCUT2D eigenvalue weighted by atomic mass is 10.2. The predicted molar refractivity (Wildman–Crippen MR) is 88.3 cm³/mol. The number of likely N-dealkylation sites (N-methyl/N-ethyl adjacent to an activating group) is 1. The van der Waals surface area contributed by atoms with E-state index in [-0.39, 0.29) is 5.82 Å². The van der Waals surface area contributed by atoms with Gasteiger partial charge >= 0.3 is 0 Å². The molecule has 1 aliphatic heterocycles. The molecule has 2 heterocycles. The smallest absolute Gasteiger partial charge is 0.262 e. The number of carbonyl (C=O) groups excluding carboxylic acids is 1. The van der Waals surface area contributed by atoms with E-state index in [9.17, 15) is 13.6 Å². The molecule has 0 bridgehead atoms. The molecule has 1 aliphatic rings. The highest BCUT2D eigenvalue weighted by Crippen LogP contribution is 2.18. The zero-order valence-electron chi connectivity index (χ0n) is 13.3. The van der Waals surface area contributed by atoms with Gasteiger partial charge in [-0.25, -0.2) is 13.8 Å². The Morgan fingerprint density at radius 1 is 1.08 bits per heavy atom. The Morgan fingerprint density at radius 2 is 1.75 bits per heavy atom. The molecular weight excluding hydrogens is 314 g/mol. The number of amides is 1. The van der Waals surface area contributed by atoms with Gasteiger partial charge in [0.05, 0.1) is 11.9 Å². The number of hydrogen-bond acceptors (Lipinski definition) is 4. The van der Waals surface area contributed by atoms with Crippen molar-refractivity contribution in [2.24, 2.45) is 0 Å². The van der Waals surface area contributed by atoms with Gasteiger partial charge in [-0.3, -0.25) is 4.79 Å².